The molecule has 0 radical (unpaired) electrons. The summed E-state index contributed by atoms with van der Waals surface area (Å²) in [6.07, 6.45) is -0.459. The van der Waals surface area contributed by atoms with Crippen LogP contribution in [0.1, 0.15) is 17.2 Å². The average molecular weight is 504 g/mol. The Kier molecular flexibility index (Phi) is 8.28. The monoisotopic (exact) mass is 503 g/mol. The zero-order valence-electron chi connectivity index (χ0n) is 18.9. The summed E-state index contributed by atoms with van der Waals surface area (Å²) in [5.74, 6) is -1.73. The number of nitrogens with one attached hydrogen (secondary N) is 1. The van der Waals surface area contributed by atoms with Gasteiger partial charge in [0.2, 0.25) is 0 Å². The van der Waals surface area contributed by atoms with Crippen molar-refractivity contribution in [3.63, 3.8) is 0 Å². The molecule has 4 rings (SSSR count). The third kappa shape index (κ3) is 6.75. The number of amides is 2. The molecule has 2 amide bonds. The fourth-order valence-corrected chi connectivity index (χ4v) is 4.05. The van der Waals surface area contributed by atoms with Crippen molar-refractivity contribution in [3.8, 4) is 0 Å². The quantitative estimate of drug-likeness (QED) is 0.439. The summed E-state index contributed by atoms with van der Waals surface area (Å²) >= 11 is 6.02. The second-order valence-electron chi connectivity index (χ2n) is 8.28. The number of anilines is 1. The standard InChI is InChI=1S/C26H25ClF3N3O2/c27-19-9-7-18(8-10-19)25(35-17-22-23(29)5-2-6-24(22)30)16-32-11-13-33(14-12-32)26(34)31-21-4-1-3-20(28)15-21/h1-10,15,25H,11-14,16-17H2,(H,31,34)/t25-/m1/s1. The summed E-state index contributed by atoms with van der Waals surface area (Å²) in [5, 5.41) is 3.28. The maximum absolute atomic E-state index is 14.1. The highest BCUT2D eigenvalue weighted by Crippen LogP contribution is 2.25. The van der Waals surface area contributed by atoms with E-state index in [0.29, 0.717) is 43.4 Å². The highest BCUT2D eigenvalue weighted by Gasteiger charge is 2.25. The van der Waals surface area contributed by atoms with Gasteiger partial charge in [0.1, 0.15) is 17.5 Å². The maximum atomic E-state index is 14.1. The van der Waals surface area contributed by atoms with E-state index >= 15 is 0 Å². The smallest absolute Gasteiger partial charge is 0.321 e. The van der Waals surface area contributed by atoms with E-state index in [4.69, 9.17) is 16.3 Å². The number of carbonyl (C=O) groups is 1. The molecule has 184 valence electrons. The van der Waals surface area contributed by atoms with E-state index in [1.807, 2.05) is 12.1 Å². The lowest BCUT2D eigenvalue weighted by atomic mass is 10.1. The molecule has 0 spiro atoms. The van der Waals surface area contributed by atoms with E-state index in [1.54, 1.807) is 23.1 Å². The molecule has 0 aliphatic carbocycles. The highest BCUT2D eigenvalue weighted by molar-refractivity contribution is 6.30. The maximum Gasteiger partial charge on any atom is 0.321 e. The minimum atomic E-state index is -0.655. The Morgan fingerprint density at radius 1 is 0.943 bits per heavy atom. The Bertz CT molecular complexity index is 1130. The number of hydrogen-bond acceptors (Lipinski definition) is 3. The van der Waals surface area contributed by atoms with Crippen LogP contribution >= 0.6 is 11.6 Å². The molecule has 0 saturated carbocycles. The van der Waals surface area contributed by atoms with E-state index in [2.05, 4.69) is 10.2 Å². The summed E-state index contributed by atoms with van der Waals surface area (Å²) in [6, 6.07) is 16.3. The lowest BCUT2D eigenvalue weighted by molar-refractivity contribution is 0.00376. The molecule has 5 nitrogen and oxygen atoms in total. The largest absolute Gasteiger partial charge is 0.367 e. The van der Waals surface area contributed by atoms with Crippen LogP contribution in [0, 0.1) is 17.5 Å². The van der Waals surface area contributed by atoms with E-state index in [-0.39, 0.29) is 18.2 Å². The fourth-order valence-electron chi connectivity index (χ4n) is 3.92. The molecule has 1 fully saturated rings. The van der Waals surface area contributed by atoms with Gasteiger partial charge in [-0.1, -0.05) is 35.9 Å². The van der Waals surface area contributed by atoms with Crippen molar-refractivity contribution < 1.29 is 22.7 Å². The third-order valence-electron chi connectivity index (χ3n) is 5.89. The van der Waals surface area contributed by atoms with Gasteiger partial charge in [-0.2, -0.15) is 0 Å². The first-order valence-corrected chi connectivity index (χ1v) is 11.6. The second kappa shape index (κ2) is 11.6. The van der Waals surface area contributed by atoms with Crippen molar-refractivity contribution in [2.75, 3.05) is 38.0 Å². The number of ether oxygens (including phenoxy) is 1. The van der Waals surface area contributed by atoms with E-state index in [1.165, 1.54) is 36.4 Å². The van der Waals surface area contributed by atoms with Gasteiger partial charge in [0.15, 0.2) is 0 Å². The van der Waals surface area contributed by atoms with Gasteiger partial charge in [0.05, 0.1) is 12.7 Å². The topological polar surface area (TPSA) is 44.8 Å². The van der Waals surface area contributed by atoms with Gasteiger partial charge in [-0.25, -0.2) is 18.0 Å². The molecular weight excluding hydrogens is 479 g/mol. The SMILES string of the molecule is O=C(Nc1cccc(F)c1)N1CCN(C[C@@H](OCc2c(F)cccc2F)c2ccc(Cl)cc2)CC1. The highest BCUT2D eigenvalue weighted by atomic mass is 35.5. The Morgan fingerprint density at radius 3 is 2.26 bits per heavy atom. The molecular formula is C26H25ClF3N3O2. The van der Waals surface area contributed by atoms with Gasteiger partial charge < -0.3 is 15.0 Å². The number of halogens is 4. The molecule has 1 aliphatic heterocycles. The number of carbonyl (C=O) groups excluding carboxylic acids is 1. The van der Waals surface area contributed by atoms with Gasteiger partial charge in [-0.15, -0.1) is 0 Å². The van der Waals surface area contributed by atoms with E-state index < -0.39 is 23.6 Å². The minimum absolute atomic E-state index is 0.120. The van der Waals surface area contributed by atoms with Crippen LogP contribution < -0.4 is 5.32 Å². The van der Waals surface area contributed by atoms with Crippen LogP contribution in [0.5, 0.6) is 0 Å². The molecule has 1 atom stereocenters. The summed E-state index contributed by atoms with van der Waals surface area (Å²) in [4.78, 5) is 16.3. The Hall–Kier alpha value is -3.07. The zero-order chi connectivity index (χ0) is 24.8. The summed E-state index contributed by atoms with van der Waals surface area (Å²) in [5.41, 5.74) is 1.11. The van der Waals surface area contributed by atoms with Crippen molar-refractivity contribution in [1.29, 1.82) is 0 Å². The molecule has 35 heavy (non-hydrogen) atoms. The van der Waals surface area contributed by atoms with Crippen LogP contribution in [0.4, 0.5) is 23.7 Å². The molecule has 3 aromatic rings. The third-order valence-corrected chi connectivity index (χ3v) is 6.14. The van der Waals surface area contributed by atoms with Crippen LogP contribution in [-0.4, -0.2) is 48.6 Å². The first-order valence-electron chi connectivity index (χ1n) is 11.2. The lowest BCUT2D eigenvalue weighted by Gasteiger charge is -2.36. The van der Waals surface area contributed by atoms with Crippen molar-refractivity contribution in [3.05, 3.63) is 100 Å². The zero-order valence-corrected chi connectivity index (χ0v) is 19.6. The number of nitrogens with zero attached hydrogens (tertiary/aromatic N) is 2. The van der Waals surface area contributed by atoms with Crippen LogP contribution in [0.15, 0.2) is 66.7 Å². The number of piperazine rings is 1. The molecule has 3 aromatic carbocycles. The minimum Gasteiger partial charge on any atom is -0.367 e. The van der Waals surface area contributed by atoms with Gasteiger partial charge in [0, 0.05) is 49.0 Å². The van der Waals surface area contributed by atoms with Gasteiger partial charge >= 0.3 is 6.03 Å². The van der Waals surface area contributed by atoms with E-state index in [9.17, 15) is 18.0 Å². The van der Waals surface area contributed by atoms with Crippen molar-refractivity contribution in [2.24, 2.45) is 0 Å². The molecule has 0 aromatic heterocycles. The van der Waals surface area contributed by atoms with E-state index in [0.717, 1.165) is 5.56 Å². The van der Waals surface area contributed by atoms with Gasteiger partial charge in [0.25, 0.3) is 0 Å². The Morgan fingerprint density at radius 2 is 1.60 bits per heavy atom. The number of rotatable bonds is 7. The fraction of sp³-hybridized carbons (Fsp3) is 0.269. The van der Waals surface area contributed by atoms with Crippen LogP contribution in [0.2, 0.25) is 5.02 Å². The van der Waals surface area contributed by atoms with Crippen LogP contribution in [-0.2, 0) is 11.3 Å². The summed E-state index contributed by atoms with van der Waals surface area (Å²) in [7, 11) is 0. The predicted molar refractivity (Wildman–Crippen MR) is 129 cm³/mol. The molecule has 1 N–H and O–H groups in total. The van der Waals surface area contributed by atoms with Crippen molar-refractivity contribution >= 4 is 23.3 Å². The van der Waals surface area contributed by atoms with Crippen molar-refractivity contribution in [1.82, 2.24) is 9.80 Å². The van der Waals surface area contributed by atoms with Crippen LogP contribution in [0.25, 0.3) is 0 Å². The van der Waals surface area contributed by atoms with Gasteiger partial charge in [-0.3, -0.25) is 4.90 Å². The first-order chi connectivity index (χ1) is 16.9. The van der Waals surface area contributed by atoms with Gasteiger partial charge in [-0.05, 0) is 48.0 Å². The number of benzene rings is 3. The molecule has 1 aliphatic rings. The normalized spacial score (nSPS) is 15.1. The lowest BCUT2D eigenvalue weighted by Crippen LogP contribution is -2.50. The molecule has 0 bridgehead atoms. The number of hydrogen-bond donors (Lipinski definition) is 1. The first kappa shape index (κ1) is 25.0. The Labute approximate surface area is 207 Å². The number of urea groups is 1. The molecule has 9 heteroatoms. The second-order valence-corrected chi connectivity index (χ2v) is 8.72. The van der Waals surface area contributed by atoms with Crippen LogP contribution in [0.3, 0.4) is 0 Å². The molecule has 1 saturated heterocycles. The summed E-state index contributed by atoms with van der Waals surface area (Å²) in [6.45, 7) is 2.35. The molecule has 1 heterocycles. The molecule has 0 unspecified atom stereocenters. The van der Waals surface area contributed by atoms with Crippen molar-refractivity contribution in [2.45, 2.75) is 12.7 Å². The average Bonchev–Trinajstić information content (AvgIpc) is 2.84. The Balaban J connectivity index is 1.37. The summed E-state index contributed by atoms with van der Waals surface area (Å²) < 4.78 is 47.6. The predicted octanol–water partition coefficient (Wildman–Crippen LogP) is 5.86.